The van der Waals surface area contributed by atoms with Crippen molar-refractivity contribution in [1.29, 1.82) is 0 Å². The predicted molar refractivity (Wildman–Crippen MR) is 39.1 cm³/mol. The third-order valence-corrected chi connectivity index (χ3v) is 0.781. The van der Waals surface area contributed by atoms with Gasteiger partial charge in [-0.15, -0.1) is 0 Å². The van der Waals surface area contributed by atoms with Crippen molar-refractivity contribution in [1.82, 2.24) is 0 Å². The normalized spacial score (nSPS) is 6.29. The Morgan fingerprint density at radius 2 is 2.43 bits per heavy atom. The van der Waals surface area contributed by atoms with Crippen LogP contribution in [0.3, 0.4) is 0 Å². The largest absolute Gasteiger partial charge is 2.00 e. The van der Waals surface area contributed by atoms with Crippen LogP contribution in [0.4, 0.5) is 0 Å². The maximum absolute atomic E-state index is 9.41. The predicted octanol–water partition coefficient (Wildman–Crippen LogP) is -0.00240. The smallest absolute Gasteiger partial charge is 1.00 e. The van der Waals surface area contributed by atoms with Gasteiger partial charge in [-0.25, -0.2) is 0 Å². The maximum atomic E-state index is 9.41. The second kappa shape index (κ2) is 7.17. The van der Waals surface area contributed by atoms with Gasteiger partial charge in [-0.2, -0.15) is 0 Å². The molecule has 0 atom stereocenters. The number of hydrogen-bond donors (Lipinski definition) is 1. The molecular weight excluding hydrogens is 158 g/mol. The van der Waals surface area contributed by atoms with Gasteiger partial charge in [-0.1, -0.05) is 12.2 Å². The van der Waals surface area contributed by atoms with E-state index in [1.165, 1.54) is 0 Å². The second-order valence-electron chi connectivity index (χ2n) is 0.533. The fraction of sp³-hybridized carbons (Fsp3) is 0. The second-order valence-corrected chi connectivity index (χ2v) is 2.10. The summed E-state index contributed by atoms with van der Waals surface area (Å²) in [6.07, 6.45) is 0. The van der Waals surface area contributed by atoms with Crippen molar-refractivity contribution in [3.63, 3.8) is 0 Å². The molecule has 0 aromatic rings. The molecule has 38 valence electrons. The van der Waals surface area contributed by atoms with Crippen LogP contribution in [0, 0.1) is 0 Å². The number of rotatable bonds is 1. The summed E-state index contributed by atoms with van der Waals surface area (Å²) in [5.41, 5.74) is 5.47. The first kappa shape index (κ1) is 11.0. The standard InChI is InChI=1S/C2H3NOS2.Ca.2H/c3-2(5)6-1-4;;;/h1H,(H2,3,5);;;/q;+2;2*-1. The van der Waals surface area contributed by atoms with E-state index >= 15 is 0 Å². The molecule has 0 aliphatic heterocycles. The quantitative estimate of drug-likeness (QED) is 0.336. The molecule has 7 heavy (non-hydrogen) atoms. The Hall–Kier alpha value is 1.17. The van der Waals surface area contributed by atoms with Gasteiger partial charge in [0.05, 0.1) is 0 Å². The molecule has 5 heteroatoms. The van der Waals surface area contributed by atoms with E-state index < -0.39 is 0 Å². The molecular formula is C2H5CaNOS2. The Morgan fingerprint density at radius 1 is 2.00 bits per heavy atom. The molecule has 0 heterocycles. The third-order valence-electron chi connectivity index (χ3n) is 0.164. The molecule has 0 rings (SSSR count). The summed E-state index contributed by atoms with van der Waals surface area (Å²) in [6.45, 7) is 0. The fourth-order valence-electron chi connectivity index (χ4n) is 0.0474. The van der Waals surface area contributed by atoms with E-state index in [2.05, 4.69) is 12.2 Å². The first-order valence-electron chi connectivity index (χ1n) is 1.17. The van der Waals surface area contributed by atoms with E-state index in [9.17, 15) is 4.79 Å². The minimum atomic E-state index is 0. The van der Waals surface area contributed by atoms with Crippen LogP contribution >= 0.6 is 24.0 Å². The molecule has 0 fully saturated rings. The minimum Gasteiger partial charge on any atom is -1.00 e. The summed E-state index contributed by atoms with van der Waals surface area (Å²) in [6, 6.07) is 0. The van der Waals surface area contributed by atoms with Gasteiger partial charge >= 0.3 is 37.7 Å². The summed E-state index contributed by atoms with van der Waals surface area (Å²) in [5, 5.41) is 0. The van der Waals surface area contributed by atoms with Crippen molar-refractivity contribution in [2.45, 2.75) is 0 Å². The number of carbonyl (C=O) groups is 1. The van der Waals surface area contributed by atoms with E-state index in [4.69, 9.17) is 5.73 Å². The van der Waals surface area contributed by atoms with E-state index in [0.29, 0.717) is 5.62 Å². The summed E-state index contributed by atoms with van der Waals surface area (Å²) >= 11 is 5.12. The number of hydrogen-bond acceptors (Lipinski definition) is 3. The van der Waals surface area contributed by atoms with Gasteiger partial charge in [0.2, 0.25) is 0 Å². The van der Waals surface area contributed by atoms with Crippen LogP contribution in [0.1, 0.15) is 2.85 Å². The number of nitrogens with two attached hydrogens (primary N) is 1. The van der Waals surface area contributed by atoms with Crippen molar-refractivity contribution in [2.75, 3.05) is 0 Å². The molecule has 0 aliphatic rings. The van der Waals surface area contributed by atoms with Crippen LogP contribution in [-0.4, -0.2) is 47.7 Å². The molecule has 0 unspecified atom stereocenters. The summed E-state index contributed by atoms with van der Waals surface area (Å²) in [7, 11) is 0. The number of thioether (sulfide) groups is 1. The molecule has 0 amide bonds. The van der Waals surface area contributed by atoms with Gasteiger partial charge in [0.15, 0.2) is 5.62 Å². The molecule has 2 nitrogen and oxygen atoms in total. The molecule has 2 N–H and O–H groups in total. The zero-order chi connectivity index (χ0) is 4.99. The Kier molecular flexibility index (Phi) is 11.3. The summed E-state index contributed by atoms with van der Waals surface area (Å²) in [4.78, 5) is 9.41. The van der Waals surface area contributed by atoms with Gasteiger partial charge in [0.1, 0.15) is 4.32 Å². The molecule has 0 saturated carbocycles. The van der Waals surface area contributed by atoms with Gasteiger partial charge in [-0.3, -0.25) is 4.79 Å². The number of carbonyl (C=O) groups excluding carboxylic acids is 1. The van der Waals surface area contributed by atoms with Crippen molar-refractivity contribution in [3.8, 4) is 0 Å². The molecule has 0 bridgehead atoms. The van der Waals surface area contributed by atoms with Crippen LogP contribution < -0.4 is 5.73 Å². The first-order valence-corrected chi connectivity index (χ1v) is 2.46. The van der Waals surface area contributed by atoms with Crippen LogP contribution in [0.2, 0.25) is 0 Å². The van der Waals surface area contributed by atoms with E-state index in [1.54, 1.807) is 0 Å². The topological polar surface area (TPSA) is 43.1 Å². The Labute approximate surface area is 84.2 Å². The molecule has 0 aliphatic carbocycles. The molecule has 0 radical (unpaired) electrons. The van der Waals surface area contributed by atoms with Crippen LogP contribution in [0.5, 0.6) is 0 Å². The monoisotopic (exact) mass is 163 g/mol. The molecule has 0 saturated heterocycles. The Bertz CT molecular complexity index is 83.0. The SMILES string of the molecule is NC(=S)SC=O.[Ca+2].[H-].[H-]. The zero-order valence-corrected chi connectivity index (χ0v) is 7.43. The Morgan fingerprint density at radius 3 is 2.43 bits per heavy atom. The van der Waals surface area contributed by atoms with E-state index in [0.717, 1.165) is 11.8 Å². The van der Waals surface area contributed by atoms with Crippen molar-refractivity contribution in [2.24, 2.45) is 5.73 Å². The average Bonchev–Trinajstić information content (AvgIpc) is 1.35. The maximum Gasteiger partial charge on any atom is 2.00 e. The molecule has 0 spiro atoms. The van der Waals surface area contributed by atoms with Crippen LogP contribution in [0.15, 0.2) is 0 Å². The summed E-state index contributed by atoms with van der Waals surface area (Å²) in [5.74, 6) is 0. The van der Waals surface area contributed by atoms with E-state index in [-0.39, 0.29) is 44.9 Å². The molecule has 0 aromatic carbocycles. The van der Waals surface area contributed by atoms with Gasteiger partial charge in [0.25, 0.3) is 0 Å². The van der Waals surface area contributed by atoms with Gasteiger partial charge < -0.3 is 8.59 Å². The summed E-state index contributed by atoms with van der Waals surface area (Å²) < 4.78 is 0.171. The average molecular weight is 163 g/mol. The zero-order valence-electron chi connectivity index (χ0n) is 5.59. The van der Waals surface area contributed by atoms with Gasteiger partial charge in [-0.05, 0) is 11.8 Å². The van der Waals surface area contributed by atoms with Crippen molar-refractivity contribution >= 4 is 71.7 Å². The van der Waals surface area contributed by atoms with Gasteiger partial charge in [0, 0.05) is 0 Å². The van der Waals surface area contributed by atoms with Crippen molar-refractivity contribution in [3.05, 3.63) is 0 Å². The third kappa shape index (κ3) is 11.0. The fourth-order valence-corrected chi connectivity index (χ4v) is 0.260. The first-order chi connectivity index (χ1) is 2.77. The van der Waals surface area contributed by atoms with Crippen molar-refractivity contribution < 1.29 is 7.65 Å². The van der Waals surface area contributed by atoms with Crippen LogP contribution in [0.25, 0.3) is 0 Å². The van der Waals surface area contributed by atoms with E-state index in [1.807, 2.05) is 0 Å². The molecule has 0 aromatic heterocycles. The number of thiocarbonyl (C=S) groups is 1. The van der Waals surface area contributed by atoms with Crippen LogP contribution in [-0.2, 0) is 4.79 Å². The Balaban J connectivity index is -0.0000000417. The minimum absolute atomic E-state index is 0.